The lowest BCUT2D eigenvalue weighted by atomic mass is 10.0. The summed E-state index contributed by atoms with van der Waals surface area (Å²) in [6.07, 6.45) is 1.95. The second-order valence-electron chi connectivity index (χ2n) is 7.74. The molecule has 1 saturated heterocycles. The largest absolute Gasteiger partial charge is 0.497 e. The van der Waals surface area contributed by atoms with Crippen LogP contribution in [0.15, 0.2) is 77.9 Å². The molecule has 4 nitrogen and oxygen atoms in total. The molecule has 3 aromatic rings. The van der Waals surface area contributed by atoms with Gasteiger partial charge in [0.15, 0.2) is 0 Å². The van der Waals surface area contributed by atoms with Crippen molar-refractivity contribution >= 4 is 6.21 Å². The maximum Gasteiger partial charge on any atom is 0.140 e. The number of benzene rings is 3. The Balaban J connectivity index is 1.29. The Bertz CT molecular complexity index is 975. The monoisotopic (exact) mass is 384 g/mol. The van der Waals surface area contributed by atoms with E-state index >= 15 is 0 Å². The van der Waals surface area contributed by atoms with E-state index in [1.807, 2.05) is 30.5 Å². The van der Waals surface area contributed by atoms with Crippen molar-refractivity contribution in [2.75, 3.05) is 33.3 Å². The fourth-order valence-electron chi connectivity index (χ4n) is 4.62. The van der Waals surface area contributed by atoms with E-state index in [1.165, 1.54) is 22.3 Å². The van der Waals surface area contributed by atoms with Crippen molar-refractivity contribution in [1.82, 2.24) is 5.01 Å². The molecule has 0 radical (unpaired) electrons. The summed E-state index contributed by atoms with van der Waals surface area (Å²) in [7, 11) is 1.69. The molecular formula is C25H26N3O+. The zero-order valence-electron chi connectivity index (χ0n) is 16.7. The molecule has 1 fully saturated rings. The topological polar surface area (TPSA) is 29.3 Å². The highest BCUT2D eigenvalue weighted by atomic mass is 16.5. The number of methoxy groups -OCH3 is 1. The zero-order chi connectivity index (χ0) is 19.6. The van der Waals surface area contributed by atoms with E-state index in [1.54, 1.807) is 12.0 Å². The van der Waals surface area contributed by atoms with Crippen molar-refractivity contribution in [2.45, 2.75) is 6.04 Å². The molecule has 5 rings (SSSR count). The first-order chi connectivity index (χ1) is 14.3. The molecule has 0 unspecified atom stereocenters. The van der Waals surface area contributed by atoms with Gasteiger partial charge in [-0.3, -0.25) is 5.01 Å². The van der Waals surface area contributed by atoms with E-state index in [4.69, 9.17) is 9.84 Å². The van der Waals surface area contributed by atoms with Crippen molar-refractivity contribution in [1.29, 1.82) is 0 Å². The molecule has 0 amide bonds. The van der Waals surface area contributed by atoms with E-state index in [9.17, 15) is 0 Å². The molecule has 1 heterocycles. The molecule has 0 saturated carbocycles. The minimum atomic E-state index is 0.440. The first kappa shape index (κ1) is 18.0. The van der Waals surface area contributed by atoms with E-state index in [0.29, 0.717) is 6.04 Å². The van der Waals surface area contributed by atoms with E-state index in [0.717, 1.165) is 37.5 Å². The Kier molecular flexibility index (Phi) is 4.78. The molecule has 29 heavy (non-hydrogen) atoms. The van der Waals surface area contributed by atoms with Gasteiger partial charge in [0, 0.05) is 11.1 Å². The van der Waals surface area contributed by atoms with Gasteiger partial charge in [0.2, 0.25) is 0 Å². The molecule has 1 aliphatic heterocycles. The van der Waals surface area contributed by atoms with Crippen LogP contribution >= 0.6 is 0 Å². The highest BCUT2D eigenvalue weighted by molar-refractivity contribution is 5.79. The maximum absolute atomic E-state index is 5.22. The number of nitrogens with one attached hydrogen (secondary N) is 1. The lowest BCUT2D eigenvalue weighted by molar-refractivity contribution is -0.929. The van der Waals surface area contributed by atoms with E-state index in [-0.39, 0.29) is 0 Å². The third kappa shape index (κ3) is 3.40. The van der Waals surface area contributed by atoms with Gasteiger partial charge in [-0.05, 0) is 41.0 Å². The average Bonchev–Trinajstić information content (AvgIpc) is 3.13. The smallest absolute Gasteiger partial charge is 0.140 e. The van der Waals surface area contributed by atoms with Crippen LogP contribution in [-0.4, -0.2) is 44.5 Å². The third-order valence-corrected chi connectivity index (χ3v) is 6.11. The number of hydrogen-bond donors (Lipinski definition) is 1. The number of hydrogen-bond acceptors (Lipinski definition) is 3. The minimum Gasteiger partial charge on any atom is -0.497 e. The Morgan fingerprint density at radius 2 is 1.45 bits per heavy atom. The van der Waals surface area contributed by atoms with Gasteiger partial charge in [-0.15, -0.1) is 0 Å². The number of ether oxygens (including phenoxy) is 1. The van der Waals surface area contributed by atoms with E-state index < -0.39 is 0 Å². The number of hydrazone groups is 1. The SMILES string of the molecule is COc1ccc(C=NN2CC[NH+](C3c4ccccc4-c4ccccc43)CC2)cc1. The Hall–Kier alpha value is -3.11. The highest BCUT2D eigenvalue weighted by Crippen LogP contribution is 2.41. The molecular weight excluding hydrogens is 358 g/mol. The van der Waals surface area contributed by atoms with Crippen molar-refractivity contribution in [3.05, 3.63) is 89.5 Å². The van der Waals surface area contributed by atoms with Crippen molar-refractivity contribution in [3.8, 4) is 16.9 Å². The standard InChI is InChI=1S/C25H25N3O/c1-29-20-12-10-19(11-13-20)18-26-28-16-14-27(15-17-28)25-23-8-4-2-6-21(23)22-7-3-5-9-24(22)25/h2-13,18,25H,14-17H2,1H3/p+1. The predicted molar refractivity (Wildman–Crippen MR) is 117 cm³/mol. The number of piperazine rings is 1. The molecule has 1 N–H and O–H groups in total. The van der Waals surface area contributed by atoms with Gasteiger partial charge < -0.3 is 9.64 Å². The molecule has 0 spiro atoms. The predicted octanol–water partition coefficient (Wildman–Crippen LogP) is 3.00. The summed E-state index contributed by atoms with van der Waals surface area (Å²) in [6, 6.07) is 26.3. The molecule has 2 aliphatic rings. The lowest BCUT2D eigenvalue weighted by Crippen LogP contribution is -3.14. The van der Waals surface area contributed by atoms with Crippen LogP contribution in [0.25, 0.3) is 11.1 Å². The van der Waals surface area contributed by atoms with Crippen molar-refractivity contribution in [3.63, 3.8) is 0 Å². The quantitative estimate of drug-likeness (QED) is 0.701. The summed E-state index contributed by atoms with van der Waals surface area (Å²) in [6.45, 7) is 4.13. The first-order valence-corrected chi connectivity index (χ1v) is 10.3. The maximum atomic E-state index is 5.22. The van der Waals surface area contributed by atoms with Crippen LogP contribution in [0.5, 0.6) is 5.75 Å². The third-order valence-electron chi connectivity index (χ3n) is 6.11. The molecule has 0 aromatic heterocycles. The fraction of sp³-hybridized carbons (Fsp3) is 0.240. The van der Waals surface area contributed by atoms with Gasteiger partial charge in [-0.2, -0.15) is 5.10 Å². The summed E-state index contributed by atoms with van der Waals surface area (Å²) < 4.78 is 5.22. The minimum absolute atomic E-state index is 0.440. The summed E-state index contributed by atoms with van der Waals surface area (Å²) in [5.41, 5.74) is 6.85. The highest BCUT2D eigenvalue weighted by Gasteiger charge is 2.37. The molecule has 0 atom stereocenters. The van der Waals surface area contributed by atoms with Gasteiger partial charge in [-0.1, -0.05) is 48.5 Å². The van der Waals surface area contributed by atoms with Gasteiger partial charge in [0.25, 0.3) is 0 Å². The normalized spacial score (nSPS) is 16.8. The van der Waals surface area contributed by atoms with Gasteiger partial charge >= 0.3 is 0 Å². The second kappa shape index (κ2) is 7.72. The van der Waals surface area contributed by atoms with Crippen LogP contribution in [0, 0.1) is 0 Å². The number of nitrogens with zero attached hydrogens (tertiary/aromatic N) is 2. The number of fused-ring (bicyclic) bond motifs is 3. The summed E-state index contributed by atoms with van der Waals surface area (Å²) in [5.74, 6) is 0.872. The molecule has 4 heteroatoms. The van der Waals surface area contributed by atoms with Gasteiger partial charge in [-0.25, -0.2) is 0 Å². The van der Waals surface area contributed by atoms with Crippen LogP contribution in [-0.2, 0) is 0 Å². The summed E-state index contributed by atoms with van der Waals surface area (Å²) >= 11 is 0. The fourth-order valence-corrected chi connectivity index (χ4v) is 4.62. The summed E-state index contributed by atoms with van der Waals surface area (Å²) in [4.78, 5) is 1.64. The lowest BCUT2D eigenvalue weighted by Gasteiger charge is -2.34. The Labute approximate surface area is 172 Å². The number of quaternary nitrogens is 1. The number of rotatable bonds is 4. The zero-order valence-corrected chi connectivity index (χ0v) is 16.7. The molecule has 1 aliphatic carbocycles. The Morgan fingerprint density at radius 3 is 2.03 bits per heavy atom. The van der Waals surface area contributed by atoms with Crippen LogP contribution in [0.3, 0.4) is 0 Å². The van der Waals surface area contributed by atoms with Gasteiger partial charge in [0.1, 0.15) is 11.8 Å². The van der Waals surface area contributed by atoms with Crippen molar-refractivity contribution < 1.29 is 9.64 Å². The van der Waals surface area contributed by atoms with Crippen LogP contribution in [0.1, 0.15) is 22.7 Å². The van der Waals surface area contributed by atoms with Crippen LogP contribution in [0.2, 0.25) is 0 Å². The van der Waals surface area contributed by atoms with Gasteiger partial charge in [0.05, 0.1) is 39.5 Å². The second-order valence-corrected chi connectivity index (χ2v) is 7.74. The van der Waals surface area contributed by atoms with Crippen molar-refractivity contribution in [2.24, 2.45) is 5.10 Å². The average molecular weight is 385 g/mol. The van der Waals surface area contributed by atoms with Crippen LogP contribution in [0.4, 0.5) is 0 Å². The first-order valence-electron chi connectivity index (χ1n) is 10.3. The molecule has 3 aromatic carbocycles. The molecule has 146 valence electrons. The summed E-state index contributed by atoms with van der Waals surface area (Å²) in [5, 5.41) is 6.91. The Morgan fingerprint density at radius 1 is 0.862 bits per heavy atom. The molecule has 0 bridgehead atoms. The van der Waals surface area contributed by atoms with E-state index in [2.05, 4.69) is 53.5 Å². The van der Waals surface area contributed by atoms with Crippen LogP contribution < -0.4 is 9.64 Å².